The van der Waals surface area contributed by atoms with Crippen LogP contribution in [0.3, 0.4) is 0 Å². The minimum Gasteiger partial charge on any atom is -0.481 e. The van der Waals surface area contributed by atoms with Gasteiger partial charge >= 0.3 is 11.9 Å². The molecular formula is C44H62N8O11. The smallest absolute Gasteiger partial charge is 0.326 e. The lowest BCUT2D eigenvalue weighted by molar-refractivity contribution is -0.150. The maximum absolute atomic E-state index is 14.2. The molecule has 1 aliphatic rings. The molecule has 2 aromatic carbocycles. The average Bonchev–Trinajstić information content (AvgIpc) is 3.74. The van der Waals surface area contributed by atoms with Crippen molar-refractivity contribution >= 4 is 53.3 Å². The van der Waals surface area contributed by atoms with E-state index in [-0.39, 0.29) is 19.4 Å². The molecule has 19 heteroatoms. The van der Waals surface area contributed by atoms with Crippen molar-refractivity contribution in [2.45, 2.75) is 128 Å². The summed E-state index contributed by atoms with van der Waals surface area (Å²) in [6.45, 7) is 9.88. The molecule has 0 saturated carbocycles. The Morgan fingerprint density at radius 2 is 1.10 bits per heavy atom. The van der Waals surface area contributed by atoms with Gasteiger partial charge in [0.05, 0.1) is 12.5 Å². The second kappa shape index (κ2) is 24.3. The maximum atomic E-state index is 14.2. The van der Waals surface area contributed by atoms with Crippen LogP contribution in [0.15, 0.2) is 60.7 Å². The van der Waals surface area contributed by atoms with E-state index < -0.39 is 120 Å². The zero-order valence-electron chi connectivity index (χ0n) is 36.6. The zero-order chi connectivity index (χ0) is 47.0. The average molecular weight is 879 g/mol. The Morgan fingerprint density at radius 3 is 1.57 bits per heavy atom. The summed E-state index contributed by atoms with van der Waals surface area (Å²) in [4.78, 5) is 119. The van der Waals surface area contributed by atoms with Crippen LogP contribution in [-0.2, 0) is 56.0 Å². The number of carboxylic acids is 2. The third-order valence-corrected chi connectivity index (χ3v) is 10.9. The maximum Gasteiger partial charge on any atom is 0.326 e. The summed E-state index contributed by atoms with van der Waals surface area (Å²) >= 11 is 0. The highest BCUT2D eigenvalue weighted by Gasteiger charge is 2.39. The van der Waals surface area contributed by atoms with Gasteiger partial charge in [-0.2, -0.15) is 0 Å². The van der Waals surface area contributed by atoms with Crippen molar-refractivity contribution in [3.63, 3.8) is 0 Å². The van der Waals surface area contributed by atoms with Crippen LogP contribution in [0.4, 0.5) is 0 Å². The number of carbonyl (C=O) groups is 9. The predicted octanol–water partition coefficient (Wildman–Crippen LogP) is 0.000100. The largest absolute Gasteiger partial charge is 0.481 e. The summed E-state index contributed by atoms with van der Waals surface area (Å²) in [7, 11) is 0. The van der Waals surface area contributed by atoms with Crippen molar-refractivity contribution in [3.8, 4) is 0 Å². The number of carbonyl (C=O) groups excluding carboxylic acids is 7. The molecule has 0 bridgehead atoms. The summed E-state index contributed by atoms with van der Waals surface area (Å²) in [5, 5.41) is 34.4. The highest BCUT2D eigenvalue weighted by atomic mass is 16.4. The Kier molecular flexibility index (Phi) is 19.7. The van der Waals surface area contributed by atoms with E-state index in [1.54, 1.807) is 88.4 Å². The Balaban J connectivity index is 1.79. The SMILES string of the molecule is CC[C@H](C)[C@H](NC(=O)[C@@H](N)CC(=O)O)C(=O)N[C@@H](Cc1ccccc1)C(=O)N[C@@H](Cc1ccccc1)C(=O)N[C@@H](C)C(=O)N[C@@H](C)C(=O)N[C@H](C(=O)N1CCC[C@H]1C(=O)O)C(C)C. The van der Waals surface area contributed by atoms with E-state index >= 15 is 0 Å². The number of aliphatic carboxylic acids is 2. The van der Waals surface area contributed by atoms with Crippen molar-refractivity contribution in [3.05, 3.63) is 71.8 Å². The van der Waals surface area contributed by atoms with Crippen molar-refractivity contribution in [2.24, 2.45) is 17.6 Å². The minimum absolute atomic E-state index is 0.0298. The summed E-state index contributed by atoms with van der Waals surface area (Å²) in [6.07, 6.45) is 0.490. The van der Waals surface area contributed by atoms with Crippen LogP contribution in [0.5, 0.6) is 0 Å². The number of nitrogens with two attached hydrogens (primary N) is 1. The topological polar surface area (TPSA) is 296 Å². The molecule has 0 aliphatic carbocycles. The molecule has 2 aromatic rings. The molecule has 7 amide bonds. The lowest BCUT2D eigenvalue weighted by atomic mass is 9.96. The lowest BCUT2D eigenvalue weighted by Crippen LogP contribution is -2.61. The standard InChI is InChI=1S/C44H62N8O11/c1-7-25(4)36(51-39(57)30(45)23-34(53)54)42(60)49-32(22-29-17-12-9-13-18-29)41(59)48-31(21-28-15-10-8-11-16-28)40(58)47-26(5)37(55)46-27(6)38(56)50-35(24(2)3)43(61)52-20-14-19-33(52)44(62)63/h8-13,15-18,24-27,30-33,35-36H,7,14,19-23,45H2,1-6H3,(H,46,55)(H,47,58)(H,48,59)(H,49,60)(H,50,56)(H,51,57)(H,53,54)(H,62,63)/t25-,26-,27-,30-,31-,32-,33-,35-,36-/m0/s1. The molecular weight excluding hydrogens is 817 g/mol. The van der Waals surface area contributed by atoms with Crippen molar-refractivity contribution in [1.82, 2.24) is 36.8 Å². The van der Waals surface area contributed by atoms with Crippen LogP contribution in [0, 0.1) is 11.8 Å². The fourth-order valence-electron chi connectivity index (χ4n) is 6.94. The number of rotatable bonds is 23. The van der Waals surface area contributed by atoms with Gasteiger partial charge in [0, 0.05) is 19.4 Å². The van der Waals surface area contributed by atoms with Gasteiger partial charge in [-0.1, -0.05) is 94.8 Å². The number of nitrogens with one attached hydrogen (secondary N) is 6. The third-order valence-electron chi connectivity index (χ3n) is 10.9. The van der Waals surface area contributed by atoms with Gasteiger partial charge in [-0.25, -0.2) is 4.79 Å². The van der Waals surface area contributed by atoms with Gasteiger partial charge in [-0.05, 0) is 49.7 Å². The van der Waals surface area contributed by atoms with Gasteiger partial charge in [-0.3, -0.25) is 38.4 Å². The highest BCUT2D eigenvalue weighted by molar-refractivity contribution is 5.98. The second-order valence-electron chi connectivity index (χ2n) is 16.3. The first kappa shape index (κ1) is 51.0. The van der Waals surface area contributed by atoms with E-state index in [0.717, 1.165) is 0 Å². The van der Waals surface area contributed by atoms with Gasteiger partial charge in [0.25, 0.3) is 0 Å². The molecule has 1 heterocycles. The number of nitrogens with zero attached hydrogens (tertiary/aromatic N) is 1. The van der Waals surface area contributed by atoms with Gasteiger partial charge in [-0.15, -0.1) is 0 Å². The van der Waals surface area contributed by atoms with Crippen LogP contribution in [0.25, 0.3) is 0 Å². The van der Waals surface area contributed by atoms with Crippen LogP contribution < -0.4 is 37.6 Å². The van der Waals surface area contributed by atoms with Gasteiger partial charge in [0.2, 0.25) is 41.4 Å². The Hall–Kier alpha value is -6.37. The number of benzene rings is 2. The molecule has 0 aromatic heterocycles. The first-order valence-electron chi connectivity index (χ1n) is 21.1. The molecule has 3 rings (SSSR count). The minimum atomic E-state index is -1.43. The van der Waals surface area contributed by atoms with Gasteiger partial charge in [0.1, 0.15) is 42.3 Å². The highest BCUT2D eigenvalue weighted by Crippen LogP contribution is 2.20. The molecule has 0 radical (unpaired) electrons. The van der Waals surface area contributed by atoms with Crippen LogP contribution in [0.1, 0.15) is 78.4 Å². The molecule has 9 atom stereocenters. The van der Waals surface area contributed by atoms with E-state index in [9.17, 15) is 48.3 Å². The summed E-state index contributed by atoms with van der Waals surface area (Å²) in [6, 6.07) is 7.77. The molecule has 344 valence electrons. The number of likely N-dealkylation sites (tertiary alicyclic amines) is 1. The first-order valence-corrected chi connectivity index (χ1v) is 21.1. The molecule has 19 nitrogen and oxygen atoms in total. The Bertz CT molecular complexity index is 1930. The van der Waals surface area contributed by atoms with Crippen LogP contribution in [-0.4, -0.2) is 123 Å². The summed E-state index contributed by atoms with van der Waals surface area (Å²) < 4.78 is 0. The summed E-state index contributed by atoms with van der Waals surface area (Å²) in [5.74, 6) is -8.46. The number of hydrogen-bond donors (Lipinski definition) is 9. The first-order chi connectivity index (χ1) is 29.7. The van der Waals surface area contributed by atoms with Crippen LogP contribution in [0.2, 0.25) is 0 Å². The Labute approximate surface area is 367 Å². The molecule has 1 saturated heterocycles. The van der Waals surface area contributed by atoms with E-state index in [4.69, 9.17) is 10.8 Å². The molecule has 63 heavy (non-hydrogen) atoms. The van der Waals surface area contributed by atoms with E-state index in [1.165, 1.54) is 18.7 Å². The fourth-order valence-corrected chi connectivity index (χ4v) is 6.94. The normalized spacial score (nSPS) is 17.3. The second-order valence-corrected chi connectivity index (χ2v) is 16.3. The molecule has 0 unspecified atom stereocenters. The van der Waals surface area contributed by atoms with Crippen molar-refractivity contribution < 1.29 is 53.4 Å². The van der Waals surface area contributed by atoms with Gasteiger partial charge in [0.15, 0.2) is 0 Å². The number of carboxylic acid groups (broad SMARTS) is 2. The monoisotopic (exact) mass is 878 g/mol. The predicted molar refractivity (Wildman–Crippen MR) is 230 cm³/mol. The van der Waals surface area contributed by atoms with Crippen molar-refractivity contribution in [1.29, 1.82) is 0 Å². The van der Waals surface area contributed by atoms with E-state index in [0.29, 0.717) is 30.4 Å². The zero-order valence-corrected chi connectivity index (χ0v) is 36.6. The molecule has 1 fully saturated rings. The summed E-state index contributed by atoms with van der Waals surface area (Å²) in [5.41, 5.74) is 7.07. The lowest BCUT2D eigenvalue weighted by Gasteiger charge is -2.30. The van der Waals surface area contributed by atoms with Gasteiger partial charge < -0.3 is 52.7 Å². The molecule has 10 N–H and O–H groups in total. The van der Waals surface area contributed by atoms with Crippen molar-refractivity contribution in [2.75, 3.05) is 6.54 Å². The number of hydrogen-bond acceptors (Lipinski definition) is 10. The Morgan fingerprint density at radius 1 is 0.635 bits per heavy atom. The van der Waals surface area contributed by atoms with Crippen LogP contribution >= 0.6 is 0 Å². The fraction of sp³-hybridized carbons (Fsp3) is 0.523. The van der Waals surface area contributed by atoms with E-state index in [2.05, 4.69) is 31.9 Å². The molecule has 0 spiro atoms. The van der Waals surface area contributed by atoms with E-state index in [1.807, 2.05) is 0 Å². The number of amides is 7. The quantitative estimate of drug-likeness (QED) is 0.0713. The molecule has 1 aliphatic heterocycles. The third kappa shape index (κ3) is 15.5.